The van der Waals surface area contributed by atoms with Gasteiger partial charge in [-0.3, -0.25) is 9.69 Å². The van der Waals surface area contributed by atoms with Crippen LogP contribution in [-0.4, -0.2) is 59.0 Å². The molecule has 1 aliphatic carbocycles. The van der Waals surface area contributed by atoms with Crippen molar-refractivity contribution in [1.82, 2.24) is 20.2 Å². The summed E-state index contributed by atoms with van der Waals surface area (Å²) >= 11 is 1.69. The minimum absolute atomic E-state index is 0.183. The van der Waals surface area contributed by atoms with Gasteiger partial charge in [-0.15, -0.1) is 11.3 Å². The van der Waals surface area contributed by atoms with Crippen LogP contribution in [0.3, 0.4) is 0 Å². The second-order valence-electron chi connectivity index (χ2n) is 8.57. The van der Waals surface area contributed by atoms with Crippen LogP contribution in [0.4, 0.5) is 5.82 Å². The van der Waals surface area contributed by atoms with E-state index in [4.69, 9.17) is 4.98 Å². The fraction of sp³-hybridized carbons (Fsp3) is 0.667. The number of carbonyl (C=O) groups is 1. The number of anilines is 1. The molecule has 28 heavy (non-hydrogen) atoms. The van der Waals surface area contributed by atoms with E-state index >= 15 is 0 Å². The van der Waals surface area contributed by atoms with Gasteiger partial charge in [0.15, 0.2) is 0 Å². The quantitative estimate of drug-likeness (QED) is 0.856. The third-order valence-electron chi connectivity index (χ3n) is 6.44. The molecule has 2 aromatic heterocycles. The molecular weight excluding hydrogens is 370 g/mol. The molecule has 7 heteroatoms. The average Bonchev–Trinajstić information content (AvgIpc) is 3.41. The molecule has 1 atom stereocenters. The zero-order valence-electron chi connectivity index (χ0n) is 16.6. The van der Waals surface area contributed by atoms with E-state index in [-0.39, 0.29) is 5.92 Å². The van der Waals surface area contributed by atoms with Crippen molar-refractivity contribution in [3.63, 3.8) is 0 Å². The number of nitrogens with one attached hydrogen (secondary N) is 1. The first kappa shape index (κ1) is 18.3. The number of nitrogens with zero attached hydrogens (tertiary/aromatic N) is 4. The zero-order chi connectivity index (χ0) is 19.1. The van der Waals surface area contributed by atoms with Crippen LogP contribution >= 0.6 is 11.3 Å². The fourth-order valence-corrected chi connectivity index (χ4v) is 5.53. The first-order valence-corrected chi connectivity index (χ1v) is 11.6. The molecule has 3 aliphatic rings. The highest BCUT2D eigenvalue weighted by Crippen LogP contribution is 2.31. The number of carbonyl (C=O) groups excluding carboxylic acids is 1. The maximum absolute atomic E-state index is 12.5. The van der Waals surface area contributed by atoms with E-state index < -0.39 is 0 Å². The van der Waals surface area contributed by atoms with Crippen LogP contribution in [0.25, 0.3) is 10.2 Å². The van der Waals surface area contributed by atoms with Crippen molar-refractivity contribution in [1.29, 1.82) is 0 Å². The lowest BCUT2D eigenvalue weighted by Crippen LogP contribution is -2.51. The Hall–Kier alpha value is -1.73. The highest BCUT2D eigenvalue weighted by Gasteiger charge is 2.34. The molecule has 6 nitrogen and oxygen atoms in total. The van der Waals surface area contributed by atoms with Crippen molar-refractivity contribution in [2.24, 2.45) is 5.92 Å². The molecule has 1 N–H and O–H groups in total. The molecular formula is C21H29N5OS. The molecule has 3 fully saturated rings. The predicted octanol–water partition coefficient (Wildman–Crippen LogP) is 2.96. The first-order chi connectivity index (χ1) is 13.7. The van der Waals surface area contributed by atoms with Crippen LogP contribution in [0.1, 0.15) is 44.3 Å². The average molecular weight is 400 g/mol. The Balaban J connectivity index is 1.21. The van der Waals surface area contributed by atoms with E-state index in [1.807, 2.05) is 6.92 Å². The summed E-state index contributed by atoms with van der Waals surface area (Å²) in [5.41, 5.74) is 0. The standard InChI is InChI=1S/C21H29N5OS/c1-14-22-19(18-8-12-28-21(18)23-14)25-10-6-17(7-11-25)26-9-2-3-15(13-26)20(27)24-16-4-5-16/h8,12,15-17H,2-7,9-11,13H2,1H3,(H,24,27)/t15-/m1/s1. The summed E-state index contributed by atoms with van der Waals surface area (Å²) in [5.74, 6) is 2.43. The van der Waals surface area contributed by atoms with E-state index in [0.29, 0.717) is 18.0 Å². The monoisotopic (exact) mass is 399 g/mol. The van der Waals surface area contributed by atoms with Crippen LogP contribution in [0, 0.1) is 12.8 Å². The fourth-order valence-electron chi connectivity index (χ4n) is 4.73. The number of thiophene rings is 1. The van der Waals surface area contributed by atoms with Crippen LogP contribution < -0.4 is 10.2 Å². The van der Waals surface area contributed by atoms with E-state index in [9.17, 15) is 4.79 Å². The Kier molecular flexibility index (Phi) is 4.97. The number of amides is 1. The van der Waals surface area contributed by atoms with Gasteiger partial charge in [0.1, 0.15) is 16.5 Å². The highest BCUT2D eigenvalue weighted by atomic mass is 32.1. The molecule has 150 valence electrons. The Bertz CT molecular complexity index is 856. The van der Waals surface area contributed by atoms with Gasteiger partial charge in [-0.2, -0.15) is 0 Å². The third kappa shape index (κ3) is 3.74. The largest absolute Gasteiger partial charge is 0.356 e. The molecule has 0 unspecified atom stereocenters. The minimum Gasteiger partial charge on any atom is -0.356 e. The van der Waals surface area contributed by atoms with Crippen LogP contribution in [-0.2, 0) is 4.79 Å². The van der Waals surface area contributed by atoms with E-state index in [1.54, 1.807) is 11.3 Å². The number of rotatable bonds is 4. The smallest absolute Gasteiger partial charge is 0.224 e. The van der Waals surface area contributed by atoms with Crippen LogP contribution in [0.5, 0.6) is 0 Å². The number of aromatic nitrogens is 2. The van der Waals surface area contributed by atoms with Gasteiger partial charge >= 0.3 is 0 Å². The predicted molar refractivity (Wildman–Crippen MR) is 113 cm³/mol. The lowest BCUT2D eigenvalue weighted by atomic mass is 9.93. The second-order valence-corrected chi connectivity index (χ2v) is 9.46. The van der Waals surface area contributed by atoms with Crippen molar-refractivity contribution in [3.05, 3.63) is 17.3 Å². The number of hydrogen-bond donors (Lipinski definition) is 1. The Labute approximate surface area is 170 Å². The third-order valence-corrected chi connectivity index (χ3v) is 7.25. The summed E-state index contributed by atoms with van der Waals surface area (Å²) in [5, 5.41) is 6.50. The Morgan fingerprint density at radius 1 is 1.14 bits per heavy atom. The van der Waals surface area contributed by atoms with Gasteiger partial charge in [0, 0.05) is 31.7 Å². The van der Waals surface area contributed by atoms with Gasteiger partial charge in [-0.1, -0.05) is 0 Å². The van der Waals surface area contributed by atoms with Crippen LogP contribution in [0.15, 0.2) is 11.4 Å². The Morgan fingerprint density at radius 2 is 1.96 bits per heavy atom. The lowest BCUT2D eigenvalue weighted by molar-refractivity contribution is -0.127. The number of hydrogen-bond acceptors (Lipinski definition) is 6. The Morgan fingerprint density at radius 3 is 2.75 bits per heavy atom. The number of fused-ring (bicyclic) bond motifs is 1. The summed E-state index contributed by atoms with van der Waals surface area (Å²) in [6, 6.07) is 3.21. The molecule has 0 radical (unpaired) electrons. The normalized spacial score (nSPS) is 24.6. The number of piperidine rings is 2. The summed E-state index contributed by atoms with van der Waals surface area (Å²) in [6.07, 6.45) is 6.81. The van der Waals surface area contributed by atoms with Gasteiger partial charge in [-0.05, 0) is 63.4 Å². The molecule has 2 aliphatic heterocycles. The number of likely N-dealkylation sites (tertiary alicyclic amines) is 1. The molecule has 4 heterocycles. The van der Waals surface area contributed by atoms with Gasteiger partial charge in [0.05, 0.1) is 11.3 Å². The highest BCUT2D eigenvalue weighted by molar-refractivity contribution is 7.16. The molecule has 0 bridgehead atoms. The minimum atomic E-state index is 0.183. The maximum Gasteiger partial charge on any atom is 0.224 e. The molecule has 2 aromatic rings. The second kappa shape index (κ2) is 7.59. The summed E-state index contributed by atoms with van der Waals surface area (Å²) in [6.45, 7) is 6.11. The summed E-state index contributed by atoms with van der Waals surface area (Å²) in [4.78, 5) is 27.9. The van der Waals surface area contributed by atoms with Crippen molar-refractivity contribution < 1.29 is 4.79 Å². The van der Waals surface area contributed by atoms with Crippen molar-refractivity contribution in [3.8, 4) is 0 Å². The molecule has 2 saturated heterocycles. The van der Waals surface area contributed by atoms with Gasteiger partial charge in [0.25, 0.3) is 0 Å². The summed E-state index contributed by atoms with van der Waals surface area (Å²) in [7, 11) is 0. The zero-order valence-corrected chi connectivity index (χ0v) is 17.4. The van der Waals surface area contributed by atoms with E-state index in [2.05, 4.69) is 31.5 Å². The molecule has 0 aromatic carbocycles. The van der Waals surface area contributed by atoms with E-state index in [1.165, 1.54) is 18.2 Å². The summed E-state index contributed by atoms with van der Waals surface area (Å²) < 4.78 is 0. The number of aryl methyl sites for hydroxylation is 1. The van der Waals surface area contributed by atoms with Crippen molar-refractivity contribution >= 4 is 33.3 Å². The topological polar surface area (TPSA) is 61.4 Å². The van der Waals surface area contributed by atoms with E-state index in [0.717, 1.165) is 68.3 Å². The van der Waals surface area contributed by atoms with Crippen molar-refractivity contribution in [2.45, 2.75) is 57.5 Å². The van der Waals surface area contributed by atoms with Crippen molar-refractivity contribution in [2.75, 3.05) is 31.1 Å². The van der Waals surface area contributed by atoms with Gasteiger partial charge in [-0.25, -0.2) is 9.97 Å². The SMILES string of the molecule is Cc1nc(N2CCC(N3CCC[C@@H](C(=O)NC4CC4)C3)CC2)c2ccsc2n1. The maximum atomic E-state index is 12.5. The first-order valence-electron chi connectivity index (χ1n) is 10.7. The molecule has 0 spiro atoms. The van der Waals surface area contributed by atoms with Crippen LogP contribution in [0.2, 0.25) is 0 Å². The molecule has 1 saturated carbocycles. The lowest BCUT2D eigenvalue weighted by Gasteiger charge is -2.42. The molecule has 5 rings (SSSR count). The van der Waals surface area contributed by atoms with Gasteiger partial charge < -0.3 is 10.2 Å². The molecule has 1 amide bonds. The van der Waals surface area contributed by atoms with Gasteiger partial charge in [0.2, 0.25) is 5.91 Å².